The lowest BCUT2D eigenvalue weighted by atomic mass is 9.88. The average Bonchev–Trinajstić information content (AvgIpc) is 2.67. The molecule has 154 valence electrons. The minimum absolute atomic E-state index is 0. The largest absolute Gasteiger partial charge is 0.481 e. The minimum atomic E-state index is 0. The first-order chi connectivity index (χ1) is 12.1. The topological polar surface area (TPSA) is 84.6 Å². The number of carbonyl (C=O) groups is 1. The van der Waals surface area contributed by atoms with Gasteiger partial charge in [0.1, 0.15) is 0 Å². The molecule has 0 bridgehead atoms. The Bertz CT molecular complexity index is 599. The van der Waals surface area contributed by atoms with Crippen molar-refractivity contribution in [1.29, 1.82) is 0 Å². The molecule has 2 N–H and O–H groups in total. The third kappa shape index (κ3) is 5.36. The van der Waals surface area contributed by atoms with Gasteiger partial charge >= 0.3 is 0 Å². The maximum atomic E-state index is 13.0. The number of hydrogen-bond donors (Lipinski definition) is 1. The Kier molecular flexibility index (Phi) is 9.56. The number of aromatic nitrogens is 2. The van der Waals surface area contributed by atoms with E-state index in [4.69, 9.17) is 10.5 Å². The molecule has 2 atom stereocenters. The second-order valence-corrected chi connectivity index (χ2v) is 7.11. The summed E-state index contributed by atoms with van der Waals surface area (Å²) in [5.74, 6) is 2.11. The SMILES string of the molecule is COc1ccnc(N2CCC(C(=O)N3CCCC(C)C3CN)CC2)n1.Cl.Cl. The monoisotopic (exact) mass is 419 g/mol. The summed E-state index contributed by atoms with van der Waals surface area (Å²) < 4.78 is 5.17. The molecule has 7 nitrogen and oxygen atoms in total. The van der Waals surface area contributed by atoms with Crippen LogP contribution in [-0.4, -0.2) is 60.1 Å². The van der Waals surface area contributed by atoms with Crippen molar-refractivity contribution in [3.8, 4) is 5.88 Å². The van der Waals surface area contributed by atoms with Crippen LogP contribution in [0.5, 0.6) is 5.88 Å². The number of methoxy groups -OCH3 is 1. The van der Waals surface area contributed by atoms with Gasteiger partial charge in [-0.25, -0.2) is 4.98 Å². The van der Waals surface area contributed by atoms with Gasteiger partial charge in [0.15, 0.2) is 0 Å². The molecule has 2 saturated heterocycles. The van der Waals surface area contributed by atoms with Gasteiger partial charge in [0.05, 0.1) is 7.11 Å². The zero-order valence-electron chi connectivity index (χ0n) is 16.0. The number of halogens is 2. The fraction of sp³-hybridized carbons (Fsp3) is 0.722. The Morgan fingerprint density at radius 1 is 1.26 bits per heavy atom. The number of likely N-dealkylation sites (tertiary alicyclic amines) is 1. The molecule has 3 heterocycles. The average molecular weight is 420 g/mol. The highest BCUT2D eigenvalue weighted by Crippen LogP contribution is 2.28. The van der Waals surface area contributed by atoms with Gasteiger partial charge in [-0.15, -0.1) is 24.8 Å². The Hall–Kier alpha value is -1.31. The van der Waals surface area contributed by atoms with E-state index in [2.05, 4.69) is 26.7 Å². The Labute approximate surface area is 173 Å². The number of carbonyl (C=O) groups excluding carboxylic acids is 1. The first kappa shape index (κ1) is 23.7. The first-order valence-electron chi connectivity index (χ1n) is 9.26. The molecule has 27 heavy (non-hydrogen) atoms. The molecule has 9 heteroatoms. The van der Waals surface area contributed by atoms with Crippen molar-refractivity contribution in [3.63, 3.8) is 0 Å². The van der Waals surface area contributed by atoms with Crippen molar-refractivity contribution < 1.29 is 9.53 Å². The quantitative estimate of drug-likeness (QED) is 0.804. The number of rotatable bonds is 4. The molecule has 2 aliphatic rings. The van der Waals surface area contributed by atoms with E-state index in [1.54, 1.807) is 19.4 Å². The number of ether oxygens (including phenoxy) is 1. The molecule has 1 amide bonds. The lowest BCUT2D eigenvalue weighted by molar-refractivity contribution is -0.141. The summed E-state index contributed by atoms with van der Waals surface area (Å²) in [6, 6.07) is 1.94. The maximum absolute atomic E-state index is 13.0. The molecular formula is C18H31Cl2N5O2. The number of piperidine rings is 2. The van der Waals surface area contributed by atoms with Gasteiger partial charge in [-0.1, -0.05) is 6.92 Å². The second-order valence-electron chi connectivity index (χ2n) is 7.11. The van der Waals surface area contributed by atoms with E-state index < -0.39 is 0 Å². The van der Waals surface area contributed by atoms with Gasteiger partial charge in [0.2, 0.25) is 17.7 Å². The zero-order chi connectivity index (χ0) is 17.8. The molecule has 0 radical (unpaired) electrons. The number of nitrogens with two attached hydrogens (primary N) is 1. The fourth-order valence-corrected chi connectivity index (χ4v) is 4.04. The standard InChI is InChI=1S/C18H29N5O2.2ClH/c1-13-4-3-9-23(15(13)12-19)17(24)14-6-10-22(11-7-14)18-20-8-5-16(21-18)25-2;;/h5,8,13-15H,3-4,6-7,9-12,19H2,1-2H3;2*1H. The van der Waals surface area contributed by atoms with Crippen LogP contribution in [0.15, 0.2) is 12.3 Å². The van der Waals surface area contributed by atoms with E-state index in [0.29, 0.717) is 24.3 Å². The van der Waals surface area contributed by atoms with Crippen LogP contribution in [0, 0.1) is 11.8 Å². The van der Waals surface area contributed by atoms with Crippen LogP contribution < -0.4 is 15.4 Å². The molecule has 0 spiro atoms. The van der Waals surface area contributed by atoms with E-state index >= 15 is 0 Å². The number of nitrogens with zero attached hydrogens (tertiary/aromatic N) is 4. The number of anilines is 1. The molecule has 1 aromatic rings. The summed E-state index contributed by atoms with van der Waals surface area (Å²) in [6.07, 6.45) is 5.62. The third-order valence-corrected chi connectivity index (χ3v) is 5.59. The van der Waals surface area contributed by atoms with E-state index in [9.17, 15) is 4.79 Å². The van der Waals surface area contributed by atoms with Crippen molar-refractivity contribution in [2.75, 3.05) is 38.2 Å². The van der Waals surface area contributed by atoms with Gasteiger partial charge in [-0.2, -0.15) is 4.98 Å². The van der Waals surface area contributed by atoms with Gasteiger partial charge in [0, 0.05) is 50.4 Å². The molecular weight excluding hydrogens is 389 g/mol. The van der Waals surface area contributed by atoms with Crippen LogP contribution in [0.25, 0.3) is 0 Å². The van der Waals surface area contributed by atoms with Crippen LogP contribution >= 0.6 is 24.8 Å². The zero-order valence-corrected chi connectivity index (χ0v) is 17.7. The highest BCUT2D eigenvalue weighted by molar-refractivity contribution is 5.85. The minimum Gasteiger partial charge on any atom is -0.481 e. The predicted octanol–water partition coefficient (Wildman–Crippen LogP) is 2.13. The first-order valence-corrected chi connectivity index (χ1v) is 9.26. The molecule has 2 aliphatic heterocycles. The number of hydrogen-bond acceptors (Lipinski definition) is 6. The lowest BCUT2D eigenvalue weighted by Gasteiger charge is -2.42. The maximum Gasteiger partial charge on any atom is 0.228 e. The van der Waals surface area contributed by atoms with Crippen molar-refractivity contribution in [1.82, 2.24) is 14.9 Å². The summed E-state index contributed by atoms with van der Waals surface area (Å²) in [5, 5.41) is 0. The highest BCUT2D eigenvalue weighted by atomic mass is 35.5. The lowest BCUT2D eigenvalue weighted by Crippen LogP contribution is -2.54. The molecule has 0 aliphatic carbocycles. The molecule has 0 saturated carbocycles. The molecule has 3 rings (SSSR count). The second kappa shape index (κ2) is 10.9. The van der Waals surface area contributed by atoms with Gasteiger partial charge < -0.3 is 20.3 Å². The Balaban J connectivity index is 0.00000182. The molecule has 0 aromatic carbocycles. The van der Waals surface area contributed by atoms with Crippen molar-refractivity contribution in [2.24, 2.45) is 17.6 Å². The molecule has 2 fully saturated rings. The Morgan fingerprint density at radius 3 is 2.59 bits per heavy atom. The van der Waals surface area contributed by atoms with Crippen molar-refractivity contribution in [3.05, 3.63) is 12.3 Å². The van der Waals surface area contributed by atoms with E-state index in [1.807, 2.05) is 0 Å². The van der Waals surface area contributed by atoms with Crippen LogP contribution in [0.3, 0.4) is 0 Å². The molecule has 2 unspecified atom stereocenters. The summed E-state index contributed by atoms with van der Waals surface area (Å²) in [6.45, 7) is 5.20. The summed E-state index contributed by atoms with van der Waals surface area (Å²) >= 11 is 0. The van der Waals surface area contributed by atoms with E-state index in [1.165, 1.54) is 0 Å². The van der Waals surface area contributed by atoms with E-state index in [-0.39, 0.29) is 42.7 Å². The number of amides is 1. The van der Waals surface area contributed by atoms with Crippen LogP contribution in [0.2, 0.25) is 0 Å². The molecule has 1 aromatic heterocycles. The van der Waals surface area contributed by atoms with Crippen LogP contribution in [0.4, 0.5) is 5.95 Å². The summed E-state index contributed by atoms with van der Waals surface area (Å²) in [7, 11) is 1.60. The van der Waals surface area contributed by atoms with Gasteiger partial charge in [0.25, 0.3) is 0 Å². The van der Waals surface area contributed by atoms with Crippen molar-refractivity contribution >= 4 is 36.7 Å². The summed E-state index contributed by atoms with van der Waals surface area (Å²) in [5.41, 5.74) is 5.95. The van der Waals surface area contributed by atoms with Crippen LogP contribution in [-0.2, 0) is 4.79 Å². The Morgan fingerprint density at radius 2 is 1.96 bits per heavy atom. The normalized spacial score (nSPS) is 23.2. The van der Waals surface area contributed by atoms with Crippen molar-refractivity contribution in [2.45, 2.75) is 38.6 Å². The van der Waals surface area contributed by atoms with E-state index in [0.717, 1.165) is 45.3 Å². The van der Waals surface area contributed by atoms with Gasteiger partial charge in [-0.3, -0.25) is 4.79 Å². The fourth-order valence-electron chi connectivity index (χ4n) is 4.04. The van der Waals surface area contributed by atoms with Gasteiger partial charge in [-0.05, 0) is 31.6 Å². The summed E-state index contributed by atoms with van der Waals surface area (Å²) in [4.78, 5) is 25.9. The third-order valence-electron chi connectivity index (χ3n) is 5.59. The predicted molar refractivity (Wildman–Crippen MR) is 111 cm³/mol. The smallest absolute Gasteiger partial charge is 0.228 e. The highest BCUT2D eigenvalue weighted by Gasteiger charge is 2.35. The van der Waals surface area contributed by atoms with Crippen LogP contribution in [0.1, 0.15) is 32.6 Å².